The summed E-state index contributed by atoms with van der Waals surface area (Å²) in [6.45, 7) is 1.89. The number of nitrogens with one attached hydrogen (secondary N) is 2. The van der Waals surface area contributed by atoms with Crippen molar-refractivity contribution in [1.29, 1.82) is 0 Å². The Balaban J connectivity index is 1.39. The molecule has 5 rings (SSSR count). The standard InChI is InChI=1S/C31H25F2N3O4/c1-19-4-2-5-22(16-19)29(37)34-25-14-10-21(11-15-25)28-27(30(38)35-26-7-3-6-24(33)17-26)36(31(39)40-28)18-20-8-12-23(32)13-9-20/h2-17,27-28H,18H2,1H3,(H,34,37)(H,35,38). The first-order chi connectivity index (χ1) is 19.3. The maximum atomic E-state index is 13.8. The molecule has 0 radical (unpaired) electrons. The third-order valence-electron chi connectivity index (χ3n) is 6.49. The molecule has 0 aromatic heterocycles. The smallest absolute Gasteiger partial charge is 0.411 e. The topological polar surface area (TPSA) is 87.7 Å². The van der Waals surface area contributed by atoms with E-state index in [2.05, 4.69) is 10.6 Å². The van der Waals surface area contributed by atoms with Gasteiger partial charge in [-0.3, -0.25) is 14.5 Å². The Morgan fingerprint density at radius 2 is 1.55 bits per heavy atom. The fourth-order valence-electron chi connectivity index (χ4n) is 4.52. The van der Waals surface area contributed by atoms with Crippen molar-refractivity contribution < 1.29 is 27.9 Å². The normalized spacial score (nSPS) is 16.4. The van der Waals surface area contributed by atoms with Crippen molar-refractivity contribution >= 4 is 29.3 Å². The number of rotatable bonds is 7. The SMILES string of the molecule is Cc1cccc(C(=O)Nc2ccc(C3OC(=O)N(Cc4ccc(F)cc4)C3C(=O)Nc3cccc(F)c3)cc2)c1. The number of hydrogen-bond acceptors (Lipinski definition) is 4. The molecule has 7 nitrogen and oxygen atoms in total. The van der Waals surface area contributed by atoms with Crippen LogP contribution in [0.4, 0.5) is 25.0 Å². The van der Waals surface area contributed by atoms with Gasteiger partial charge in [0.15, 0.2) is 12.1 Å². The Bertz CT molecular complexity index is 1560. The van der Waals surface area contributed by atoms with Crippen LogP contribution < -0.4 is 10.6 Å². The highest BCUT2D eigenvalue weighted by atomic mass is 19.1. The number of anilines is 2. The maximum absolute atomic E-state index is 13.8. The third-order valence-corrected chi connectivity index (χ3v) is 6.49. The summed E-state index contributed by atoms with van der Waals surface area (Å²) in [6.07, 6.45) is -1.73. The van der Waals surface area contributed by atoms with E-state index in [1.54, 1.807) is 42.5 Å². The van der Waals surface area contributed by atoms with Gasteiger partial charge in [-0.05, 0) is 72.6 Å². The number of aryl methyl sites for hydroxylation is 1. The van der Waals surface area contributed by atoms with Gasteiger partial charge < -0.3 is 15.4 Å². The average Bonchev–Trinajstić information content (AvgIpc) is 3.26. The number of nitrogens with zero attached hydrogens (tertiary/aromatic N) is 1. The van der Waals surface area contributed by atoms with Crippen molar-refractivity contribution in [1.82, 2.24) is 4.90 Å². The summed E-state index contributed by atoms with van der Waals surface area (Å²) in [5.41, 5.74) is 3.32. The van der Waals surface area contributed by atoms with Gasteiger partial charge in [0.25, 0.3) is 11.8 Å². The van der Waals surface area contributed by atoms with E-state index in [4.69, 9.17) is 4.74 Å². The summed E-state index contributed by atoms with van der Waals surface area (Å²) >= 11 is 0. The minimum Gasteiger partial charge on any atom is -0.438 e. The molecule has 1 aliphatic rings. The Hall–Kier alpha value is -5.05. The summed E-state index contributed by atoms with van der Waals surface area (Å²) < 4.78 is 32.8. The Kier molecular flexibility index (Phi) is 7.54. The molecule has 202 valence electrons. The first kappa shape index (κ1) is 26.6. The van der Waals surface area contributed by atoms with Crippen LogP contribution in [0.5, 0.6) is 0 Å². The largest absolute Gasteiger partial charge is 0.438 e. The number of cyclic esters (lactones) is 1. The molecule has 4 aromatic rings. The highest BCUT2D eigenvalue weighted by Gasteiger charge is 2.47. The lowest BCUT2D eigenvalue weighted by atomic mass is 10.00. The molecule has 4 aromatic carbocycles. The van der Waals surface area contributed by atoms with Gasteiger partial charge in [0, 0.05) is 16.9 Å². The summed E-state index contributed by atoms with van der Waals surface area (Å²) in [7, 11) is 0. The first-order valence-corrected chi connectivity index (χ1v) is 12.5. The second-order valence-corrected chi connectivity index (χ2v) is 9.45. The van der Waals surface area contributed by atoms with E-state index in [9.17, 15) is 23.2 Å². The van der Waals surface area contributed by atoms with Crippen molar-refractivity contribution in [2.24, 2.45) is 0 Å². The van der Waals surface area contributed by atoms with Crippen LogP contribution in [-0.2, 0) is 16.1 Å². The molecule has 1 heterocycles. The summed E-state index contributed by atoms with van der Waals surface area (Å²) in [5.74, 6) is -1.82. The molecule has 0 aliphatic carbocycles. The van der Waals surface area contributed by atoms with E-state index >= 15 is 0 Å². The molecule has 2 N–H and O–H groups in total. The van der Waals surface area contributed by atoms with E-state index in [1.807, 2.05) is 13.0 Å². The van der Waals surface area contributed by atoms with Crippen molar-refractivity contribution in [3.05, 3.63) is 131 Å². The lowest BCUT2D eigenvalue weighted by Gasteiger charge is -2.24. The second kappa shape index (κ2) is 11.4. The van der Waals surface area contributed by atoms with Gasteiger partial charge in [-0.15, -0.1) is 0 Å². The number of halogens is 2. The number of carbonyl (C=O) groups is 3. The fourth-order valence-corrected chi connectivity index (χ4v) is 4.52. The molecule has 1 aliphatic heterocycles. The lowest BCUT2D eigenvalue weighted by molar-refractivity contribution is -0.121. The molecular weight excluding hydrogens is 516 g/mol. The number of carbonyl (C=O) groups excluding carboxylic acids is 3. The zero-order chi connectivity index (χ0) is 28.2. The van der Waals surface area contributed by atoms with E-state index in [0.717, 1.165) is 5.56 Å². The number of benzene rings is 4. The van der Waals surface area contributed by atoms with Crippen molar-refractivity contribution in [2.75, 3.05) is 10.6 Å². The van der Waals surface area contributed by atoms with Crippen LogP contribution in [0.25, 0.3) is 0 Å². The van der Waals surface area contributed by atoms with Crippen LogP contribution in [0.2, 0.25) is 0 Å². The predicted octanol–water partition coefficient (Wildman–Crippen LogP) is 6.23. The predicted molar refractivity (Wildman–Crippen MR) is 146 cm³/mol. The highest BCUT2D eigenvalue weighted by Crippen LogP contribution is 2.35. The molecule has 0 saturated carbocycles. The van der Waals surface area contributed by atoms with Gasteiger partial charge >= 0.3 is 6.09 Å². The molecule has 1 saturated heterocycles. The van der Waals surface area contributed by atoms with Crippen LogP contribution in [-0.4, -0.2) is 28.8 Å². The van der Waals surface area contributed by atoms with E-state index in [0.29, 0.717) is 22.4 Å². The van der Waals surface area contributed by atoms with Crippen LogP contribution in [0.3, 0.4) is 0 Å². The zero-order valence-corrected chi connectivity index (χ0v) is 21.4. The fraction of sp³-hybridized carbons (Fsp3) is 0.129. The minimum atomic E-state index is -1.12. The Morgan fingerprint density at radius 1 is 0.825 bits per heavy atom. The van der Waals surface area contributed by atoms with Gasteiger partial charge in [-0.2, -0.15) is 0 Å². The summed E-state index contributed by atoms with van der Waals surface area (Å²) in [4.78, 5) is 40.3. The number of amides is 3. The van der Waals surface area contributed by atoms with Gasteiger partial charge in [0.2, 0.25) is 0 Å². The van der Waals surface area contributed by atoms with Crippen LogP contribution in [0.15, 0.2) is 97.1 Å². The van der Waals surface area contributed by atoms with Gasteiger partial charge in [-0.1, -0.05) is 48.0 Å². The van der Waals surface area contributed by atoms with Gasteiger partial charge in [0.05, 0.1) is 6.54 Å². The van der Waals surface area contributed by atoms with Crippen LogP contribution in [0.1, 0.15) is 33.2 Å². The second-order valence-electron chi connectivity index (χ2n) is 9.45. The summed E-state index contributed by atoms with van der Waals surface area (Å²) in [6, 6.07) is 23.7. The van der Waals surface area contributed by atoms with Crippen LogP contribution in [0, 0.1) is 18.6 Å². The molecule has 9 heteroatoms. The highest BCUT2D eigenvalue weighted by molar-refractivity contribution is 6.04. The van der Waals surface area contributed by atoms with E-state index in [-0.39, 0.29) is 18.1 Å². The van der Waals surface area contributed by atoms with Crippen molar-refractivity contribution in [3.63, 3.8) is 0 Å². The molecule has 2 unspecified atom stereocenters. The molecule has 0 bridgehead atoms. The zero-order valence-electron chi connectivity index (χ0n) is 21.4. The Labute approximate surface area is 229 Å². The Morgan fingerprint density at radius 3 is 2.25 bits per heavy atom. The summed E-state index contributed by atoms with van der Waals surface area (Å²) in [5, 5.41) is 5.49. The quantitative estimate of drug-likeness (QED) is 0.291. The molecule has 40 heavy (non-hydrogen) atoms. The van der Waals surface area contributed by atoms with E-state index in [1.165, 1.54) is 53.4 Å². The maximum Gasteiger partial charge on any atom is 0.411 e. The third kappa shape index (κ3) is 5.99. The molecular formula is C31H25F2N3O4. The van der Waals surface area contributed by atoms with Crippen molar-refractivity contribution in [2.45, 2.75) is 25.6 Å². The van der Waals surface area contributed by atoms with Gasteiger partial charge in [0.1, 0.15) is 11.6 Å². The van der Waals surface area contributed by atoms with Crippen molar-refractivity contribution in [3.8, 4) is 0 Å². The first-order valence-electron chi connectivity index (χ1n) is 12.5. The lowest BCUT2D eigenvalue weighted by Crippen LogP contribution is -2.43. The molecule has 1 fully saturated rings. The number of ether oxygens (including phenoxy) is 1. The molecule has 3 amide bonds. The van der Waals surface area contributed by atoms with Gasteiger partial charge in [-0.25, -0.2) is 13.6 Å². The number of hydrogen-bond donors (Lipinski definition) is 2. The minimum absolute atomic E-state index is 0.0124. The molecule has 2 atom stereocenters. The monoisotopic (exact) mass is 541 g/mol. The van der Waals surface area contributed by atoms with E-state index < -0.39 is 35.8 Å². The molecule has 0 spiro atoms. The average molecular weight is 542 g/mol. The van der Waals surface area contributed by atoms with Crippen LogP contribution >= 0.6 is 0 Å².